The molecule has 2 rings (SSSR count). The molecular weight excluding hydrogens is 316 g/mol. The Balaban J connectivity index is 1.99. The Morgan fingerprint density at radius 2 is 1.86 bits per heavy atom. The SMILES string of the molecule is O=C(NCC(O)c1ccc(F)cc1)c1ccc(Cl)cc1Cl. The molecule has 1 atom stereocenters. The minimum Gasteiger partial charge on any atom is -0.387 e. The van der Waals surface area contributed by atoms with Gasteiger partial charge in [-0.1, -0.05) is 35.3 Å². The third-order valence-electron chi connectivity index (χ3n) is 2.89. The molecule has 0 bridgehead atoms. The van der Waals surface area contributed by atoms with Crippen LogP contribution in [-0.4, -0.2) is 17.6 Å². The second kappa shape index (κ2) is 6.89. The molecule has 1 amide bonds. The van der Waals surface area contributed by atoms with Crippen LogP contribution in [0.25, 0.3) is 0 Å². The lowest BCUT2D eigenvalue weighted by Gasteiger charge is -2.13. The molecule has 6 heteroatoms. The zero-order valence-corrected chi connectivity index (χ0v) is 12.3. The average Bonchev–Trinajstić information content (AvgIpc) is 2.45. The van der Waals surface area contributed by atoms with Crippen LogP contribution >= 0.6 is 23.2 Å². The van der Waals surface area contributed by atoms with E-state index in [0.717, 1.165) is 0 Å². The van der Waals surface area contributed by atoms with Crippen molar-refractivity contribution in [1.29, 1.82) is 0 Å². The smallest absolute Gasteiger partial charge is 0.252 e. The Bertz CT molecular complexity index is 647. The minimum atomic E-state index is -0.930. The number of hydrogen-bond acceptors (Lipinski definition) is 2. The van der Waals surface area contributed by atoms with Crippen LogP contribution in [0.2, 0.25) is 10.0 Å². The number of carbonyl (C=O) groups excluding carboxylic acids is 1. The second-order valence-corrected chi connectivity index (χ2v) is 5.25. The molecule has 21 heavy (non-hydrogen) atoms. The van der Waals surface area contributed by atoms with Gasteiger partial charge < -0.3 is 10.4 Å². The van der Waals surface area contributed by atoms with Gasteiger partial charge in [0.15, 0.2) is 0 Å². The first kappa shape index (κ1) is 15.8. The van der Waals surface area contributed by atoms with Crippen LogP contribution in [0.5, 0.6) is 0 Å². The Kier molecular flexibility index (Phi) is 5.17. The first-order valence-electron chi connectivity index (χ1n) is 6.14. The maximum absolute atomic E-state index is 12.8. The molecule has 0 saturated carbocycles. The van der Waals surface area contributed by atoms with E-state index in [2.05, 4.69) is 5.32 Å². The molecule has 2 aromatic carbocycles. The fourth-order valence-electron chi connectivity index (χ4n) is 1.76. The Morgan fingerprint density at radius 3 is 2.48 bits per heavy atom. The van der Waals surface area contributed by atoms with E-state index in [1.807, 2.05) is 0 Å². The zero-order valence-electron chi connectivity index (χ0n) is 10.8. The van der Waals surface area contributed by atoms with E-state index in [1.54, 1.807) is 6.07 Å². The molecule has 2 N–H and O–H groups in total. The lowest BCUT2D eigenvalue weighted by atomic mass is 10.1. The standard InChI is InChI=1S/C15H12Cl2FNO2/c16-10-3-6-12(13(17)7-10)15(21)19-8-14(20)9-1-4-11(18)5-2-9/h1-7,14,20H,8H2,(H,19,21). The number of halogens is 3. The van der Waals surface area contributed by atoms with Crippen molar-refractivity contribution in [3.05, 3.63) is 69.5 Å². The van der Waals surface area contributed by atoms with E-state index in [-0.39, 0.29) is 22.9 Å². The van der Waals surface area contributed by atoms with Crippen LogP contribution in [0.15, 0.2) is 42.5 Å². The van der Waals surface area contributed by atoms with Gasteiger partial charge in [0, 0.05) is 11.6 Å². The Hall–Kier alpha value is -1.62. The fourth-order valence-corrected chi connectivity index (χ4v) is 2.26. The summed E-state index contributed by atoms with van der Waals surface area (Å²) in [7, 11) is 0. The summed E-state index contributed by atoms with van der Waals surface area (Å²) < 4.78 is 12.8. The largest absolute Gasteiger partial charge is 0.387 e. The Morgan fingerprint density at radius 1 is 1.19 bits per heavy atom. The van der Waals surface area contributed by atoms with E-state index in [0.29, 0.717) is 10.6 Å². The predicted octanol–water partition coefficient (Wildman–Crippen LogP) is 3.60. The van der Waals surface area contributed by atoms with Gasteiger partial charge in [0.2, 0.25) is 0 Å². The number of nitrogens with one attached hydrogen (secondary N) is 1. The molecule has 1 unspecified atom stereocenters. The van der Waals surface area contributed by atoms with Gasteiger partial charge >= 0.3 is 0 Å². The normalized spacial score (nSPS) is 12.0. The molecule has 0 aliphatic carbocycles. The molecule has 0 radical (unpaired) electrons. The number of hydrogen-bond donors (Lipinski definition) is 2. The fraction of sp³-hybridized carbons (Fsp3) is 0.133. The summed E-state index contributed by atoms with van der Waals surface area (Å²) in [5, 5.41) is 13.2. The van der Waals surface area contributed by atoms with Gasteiger partial charge in [0.05, 0.1) is 16.7 Å². The molecule has 110 valence electrons. The van der Waals surface area contributed by atoms with Crippen LogP contribution in [0, 0.1) is 5.82 Å². The van der Waals surface area contributed by atoms with Crippen molar-refractivity contribution in [2.75, 3.05) is 6.54 Å². The quantitative estimate of drug-likeness (QED) is 0.901. The van der Waals surface area contributed by atoms with Crippen LogP contribution in [0.3, 0.4) is 0 Å². The van der Waals surface area contributed by atoms with E-state index in [9.17, 15) is 14.3 Å². The molecule has 0 saturated heterocycles. The topological polar surface area (TPSA) is 49.3 Å². The highest BCUT2D eigenvalue weighted by molar-refractivity contribution is 6.36. The summed E-state index contributed by atoms with van der Waals surface area (Å²) in [6, 6.07) is 9.94. The summed E-state index contributed by atoms with van der Waals surface area (Å²) in [5.41, 5.74) is 0.784. The molecule has 0 heterocycles. The highest BCUT2D eigenvalue weighted by Crippen LogP contribution is 2.21. The average molecular weight is 328 g/mol. The second-order valence-electron chi connectivity index (χ2n) is 4.40. The van der Waals surface area contributed by atoms with Gasteiger partial charge in [0.1, 0.15) is 5.82 Å². The van der Waals surface area contributed by atoms with Crippen molar-refractivity contribution < 1.29 is 14.3 Å². The van der Waals surface area contributed by atoms with E-state index in [1.165, 1.54) is 36.4 Å². The maximum Gasteiger partial charge on any atom is 0.252 e. The summed E-state index contributed by atoms with van der Waals surface area (Å²) in [6.07, 6.45) is -0.930. The first-order valence-corrected chi connectivity index (χ1v) is 6.90. The van der Waals surface area contributed by atoms with Gasteiger partial charge in [-0.25, -0.2) is 4.39 Å². The minimum absolute atomic E-state index is 0.0105. The third-order valence-corrected chi connectivity index (χ3v) is 3.43. The van der Waals surface area contributed by atoms with Gasteiger partial charge in [-0.3, -0.25) is 4.79 Å². The molecule has 0 fully saturated rings. The molecule has 3 nitrogen and oxygen atoms in total. The van der Waals surface area contributed by atoms with Crippen molar-refractivity contribution in [1.82, 2.24) is 5.32 Å². The van der Waals surface area contributed by atoms with E-state index in [4.69, 9.17) is 23.2 Å². The summed E-state index contributed by atoms with van der Waals surface area (Å²) in [4.78, 5) is 12.0. The van der Waals surface area contributed by atoms with Crippen LogP contribution in [0.1, 0.15) is 22.0 Å². The lowest BCUT2D eigenvalue weighted by Crippen LogP contribution is -2.28. The summed E-state index contributed by atoms with van der Waals surface area (Å²) in [6.45, 7) is -0.0105. The number of rotatable bonds is 4. The summed E-state index contributed by atoms with van der Waals surface area (Å²) >= 11 is 11.7. The van der Waals surface area contributed by atoms with Crippen molar-refractivity contribution in [2.45, 2.75) is 6.10 Å². The van der Waals surface area contributed by atoms with Crippen molar-refractivity contribution in [3.8, 4) is 0 Å². The number of aliphatic hydroxyl groups excluding tert-OH is 1. The number of benzene rings is 2. The number of aliphatic hydroxyl groups is 1. The van der Waals surface area contributed by atoms with Crippen LogP contribution < -0.4 is 5.32 Å². The number of carbonyl (C=O) groups is 1. The zero-order chi connectivity index (χ0) is 15.4. The predicted molar refractivity (Wildman–Crippen MR) is 80.2 cm³/mol. The first-order chi connectivity index (χ1) is 9.97. The lowest BCUT2D eigenvalue weighted by molar-refractivity contribution is 0.0916. The van der Waals surface area contributed by atoms with Gasteiger partial charge in [-0.05, 0) is 35.9 Å². The third kappa shape index (κ3) is 4.17. The van der Waals surface area contributed by atoms with Crippen molar-refractivity contribution in [2.24, 2.45) is 0 Å². The van der Waals surface area contributed by atoms with E-state index >= 15 is 0 Å². The highest BCUT2D eigenvalue weighted by atomic mass is 35.5. The summed E-state index contributed by atoms with van der Waals surface area (Å²) in [5.74, 6) is -0.805. The van der Waals surface area contributed by atoms with Crippen LogP contribution in [0.4, 0.5) is 4.39 Å². The van der Waals surface area contributed by atoms with E-state index < -0.39 is 12.0 Å². The molecule has 0 spiro atoms. The number of amides is 1. The highest BCUT2D eigenvalue weighted by Gasteiger charge is 2.13. The maximum atomic E-state index is 12.8. The molecule has 0 aliphatic heterocycles. The monoisotopic (exact) mass is 327 g/mol. The van der Waals surface area contributed by atoms with Gasteiger partial charge in [-0.2, -0.15) is 0 Å². The molecule has 0 aliphatic rings. The van der Waals surface area contributed by atoms with Gasteiger partial charge in [0.25, 0.3) is 5.91 Å². The Labute approximate surface area is 131 Å². The molecule has 0 aromatic heterocycles. The molecule has 2 aromatic rings. The van der Waals surface area contributed by atoms with Crippen molar-refractivity contribution >= 4 is 29.1 Å². The van der Waals surface area contributed by atoms with Crippen LogP contribution in [-0.2, 0) is 0 Å². The van der Waals surface area contributed by atoms with Crippen molar-refractivity contribution in [3.63, 3.8) is 0 Å². The van der Waals surface area contributed by atoms with Gasteiger partial charge in [-0.15, -0.1) is 0 Å². The molecular formula is C15H12Cl2FNO2.